The number of carbonyl (C=O) groups is 1. The van der Waals surface area contributed by atoms with Gasteiger partial charge in [0, 0.05) is 5.02 Å². The summed E-state index contributed by atoms with van der Waals surface area (Å²) < 4.78 is 5.24. The minimum Gasteiger partial charge on any atom is -0.481 e. The highest BCUT2D eigenvalue weighted by molar-refractivity contribution is 6.30. The summed E-state index contributed by atoms with van der Waals surface area (Å²) in [6.45, 7) is -0.507. The summed E-state index contributed by atoms with van der Waals surface area (Å²) >= 11 is 6.00. The van der Waals surface area contributed by atoms with Crippen molar-refractivity contribution in [2.75, 3.05) is 6.61 Å². The van der Waals surface area contributed by atoms with Crippen LogP contribution in [0.5, 0.6) is 5.75 Å². The number of rotatable bonds is 4. The number of hydrogen-bond donors (Lipinski definition) is 2. The molecule has 7 heteroatoms. The van der Waals surface area contributed by atoms with Crippen molar-refractivity contribution < 1.29 is 14.6 Å². The first-order chi connectivity index (χ1) is 11.0. The van der Waals surface area contributed by atoms with Gasteiger partial charge in [0.25, 0.3) is 5.56 Å². The first-order valence-electron chi connectivity index (χ1n) is 6.68. The quantitative estimate of drug-likeness (QED) is 0.767. The summed E-state index contributed by atoms with van der Waals surface area (Å²) in [5, 5.41) is 9.63. The number of nitrogens with one attached hydrogen (secondary N) is 1. The number of nitrogens with zero attached hydrogens (tertiary/aromatic N) is 1. The summed E-state index contributed by atoms with van der Waals surface area (Å²) in [6.07, 6.45) is 0. The third kappa shape index (κ3) is 3.17. The predicted octanol–water partition coefficient (Wildman–Crippen LogP) is 2.71. The molecule has 0 saturated carbocycles. The van der Waals surface area contributed by atoms with E-state index in [1.165, 1.54) is 6.07 Å². The molecule has 2 N–H and O–H groups in total. The molecule has 6 nitrogen and oxygen atoms in total. The Morgan fingerprint density at radius 2 is 2.04 bits per heavy atom. The third-order valence-corrected chi connectivity index (χ3v) is 3.40. The fourth-order valence-corrected chi connectivity index (χ4v) is 2.34. The average molecular weight is 331 g/mol. The number of para-hydroxylation sites is 1. The van der Waals surface area contributed by atoms with Crippen molar-refractivity contribution in [3.8, 4) is 17.1 Å². The number of hydrogen-bond acceptors (Lipinski definition) is 4. The summed E-state index contributed by atoms with van der Waals surface area (Å²) in [5.41, 5.74) is 0.645. The fraction of sp³-hybridized carbons (Fsp3) is 0.0625. The molecule has 0 saturated heterocycles. The molecular weight excluding hydrogens is 320 g/mol. The van der Waals surface area contributed by atoms with E-state index >= 15 is 0 Å². The van der Waals surface area contributed by atoms with Gasteiger partial charge in [-0.2, -0.15) is 0 Å². The Kier molecular flexibility index (Phi) is 3.99. The number of ether oxygens (including phenoxy) is 1. The van der Waals surface area contributed by atoms with E-state index in [0.29, 0.717) is 21.5 Å². The SMILES string of the molecule is O=C(O)COc1ccc(Cl)cc1-c1nc2ccccc2c(=O)[nH]1. The summed E-state index contributed by atoms with van der Waals surface area (Å²) in [7, 11) is 0. The molecule has 0 aliphatic heterocycles. The number of aromatic amines is 1. The van der Waals surface area contributed by atoms with Gasteiger partial charge in [0.2, 0.25) is 0 Å². The van der Waals surface area contributed by atoms with E-state index < -0.39 is 12.6 Å². The molecule has 0 aliphatic carbocycles. The highest BCUT2D eigenvalue weighted by Crippen LogP contribution is 2.30. The maximum absolute atomic E-state index is 12.2. The second-order valence-electron chi connectivity index (χ2n) is 4.75. The van der Waals surface area contributed by atoms with E-state index in [9.17, 15) is 9.59 Å². The lowest BCUT2D eigenvalue weighted by molar-refractivity contribution is -0.139. The molecule has 1 heterocycles. The fourth-order valence-electron chi connectivity index (χ4n) is 2.17. The molecule has 0 radical (unpaired) electrons. The van der Waals surface area contributed by atoms with E-state index in [4.69, 9.17) is 21.4 Å². The second-order valence-corrected chi connectivity index (χ2v) is 5.19. The Labute approximate surface area is 135 Å². The van der Waals surface area contributed by atoms with Crippen molar-refractivity contribution in [3.05, 3.63) is 57.8 Å². The smallest absolute Gasteiger partial charge is 0.341 e. The van der Waals surface area contributed by atoms with Crippen molar-refractivity contribution >= 4 is 28.5 Å². The number of halogens is 1. The first kappa shape index (κ1) is 15.1. The number of carboxylic acid groups (broad SMARTS) is 1. The van der Waals surface area contributed by atoms with Gasteiger partial charge in [-0.15, -0.1) is 0 Å². The first-order valence-corrected chi connectivity index (χ1v) is 7.06. The molecule has 0 atom stereocenters. The number of carboxylic acids is 1. The molecular formula is C16H11ClN2O4. The summed E-state index contributed by atoms with van der Waals surface area (Å²) in [4.78, 5) is 29.9. The lowest BCUT2D eigenvalue weighted by Gasteiger charge is -2.10. The van der Waals surface area contributed by atoms with E-state index in [-0.39, 0.29) is 17.1 Å². The van der Waals surface area contributed by atoms with Crippen LogP contribution in [0.25, 0.3) is 22.3 Å². The Morgan fingerprint density at radius 1 is 1.26 bits per heavy atom. The second kappa shape index (κ2) is 6.10. The number of aromatic nitrogens is 2. The van der Waals surface area contributed by atoms with Crippen LogP contribution >= 0.6 is 11.6 Å². The number of H-pyrrole nitrogens is 1. The molecule has 116 valence electrons. The van der Waals surface area contributed by atoms with Crippen molar-refractivity contribution in [1.29, 1.82) is 0 Å². The Hall–Kier alpha value is -2.86. The van der Waals surface area contributed by atoms with Crippen LogP contribution in [-0.2, 0) is 4.79 Å². The van der Waals surface area contributed by atoms with Gasteiger partial charge in [-0.1, -0.05) is 23.7 Å². The van der Waals surface area contributed by atoms with E-state index in [1.54, 1.807) is 36.4 Å². The van der Waals surface area contributed by atoms with Gasteiger partial charge in [-0.3, -0.25) is 4.79 Å². The molecule has 0 fully saturated rings. The van der Waals surface area contributed by atoms with Crippen LogP contribution in [0.3, 0.4) is 0 Å². The van der Waals surface area contributed by atoms with Crippen LogP contribution in [0.15, 0.2) is 47.3 Å². The lowest BCUT2D eigenvalue weighted by Crippen LogP contribution is -2.12. The highest BCUT2D eigenvalue weighted by atomic mass is 35.5. The van der Waals surface area contributed by atoms with Crippen LogP contribution in [0.4, 0.5) is 0 Å². The van der Waals surface area contributed by atoms with Crippen molar-refractivity contribution in [2.24, 2.45) is 0 Å². The highest BCUT2D eigenvalue weighted by Gasteiger charge is 2.13. The molecule has 23 heavy (non-hydrogen) atoms. The number of fused-ring (bicyclic) bond motifs is 1. The molecule has 2 aromatic carbocycles. The Bertz CT molecular complexity index is 952. The van der Waals surface area contributed by atoms with Crippen molar-refractivity contribution in [1.82, 2.24) is 9.97 Å². The van der Waals surface area contributed by atoms with E-state index in [0.717, 1.165) is 0 Å². The number of benzene rings is 2. The van der Waals surface area contributed by atoms with Crippen LogP contribution in [0, 0.1) is 0 Å². The number of aliphatic carboxylic acids is 1. The molecule has 0 aliphatic rings. The topological polar surface area (TPSA) is 92.3 Å². The van der Waals surface area contributed by atoms with Gasteiger partial charge in [0.1, 0.15) is 11.6 Å². The molecule has 0 amide bonds. The zero-order valence-electron chi connectivity index (χ0n) is 11.7. The summed E-state index contributed by atoms with van der Waals surface area (Å²) in [6, 6.07) is 11.6. The van der Waals surface area contributed by atoms with Gasteiger partial charge in [0.05, 0.1) is 16.5 Å². The van der Waals surface area contributed by atoms with Gasteiger partial charge >= 0.3 is 5.97 Å². The van der Waals surface area contributed by atoms with Gasteiger partial charge in [-0.25, -0.2) is 9.78 Å². The Balaban J connectivity index is 2.15. The van der Waals surface area contributed by atoms with Gasteiger partial charge in [0.15, 0.2) is 6.61 Å². The van der Waals surface area contributed by atoms with Crippen LogP contribution in [0.2, 0.25) is 5.02 Å². The minimum absolute atomic E-state index is 0.261. The minimum atomic E-state index is -1.11. The zero-order chi connectivity index (χ0) is 16.4. The van der Waals surface area contributed by atoms with E-state index in [1.807, 2.05) is 0 Å². The normalized spacial score (nSPS) is 10.7. The standard InChI is InChI=1S/C16H11ClN2O4/c17-9-5-6-13(23-8-14(20)21)11(7-9)15-18-12-4-2-1-3-10(12)16(22)19-15/h1-7H,8H2,(H,20,21)(H,18,19,22). The van der Waals surface area contributed by atoms with Crippen molar-refractivity contribution in [3.63, 3.8) is 0 Å². The lowest BCUT2D eigenvalue weighted by atomic mass is 10.1. The monoisotopic (exact) mass is 330 g/mol. The van der Waals surface area contributed by atoms with Gasteiger partial charge < -0.3 is 14.8 Å². The average Bonchev–Trinajstić information content (AvgIpc) is 2.53. The molecule has 3 aromatic rings. The zero-order valence-corrected chi connectivity index (χ0v) is 12.5. The molecule has 3 rings (SSSR count). The maximum Gasteiger partial charge on any atom is 0.341 e. The maximum atomic E-state index is 12.2. The largest absolute Gasteiger partial charge is 0.481 e. The van der Waals surface area contributed by atoms with E-state index in [2.05, 4.69) is 9.97 Å². The van der Waals surface area contributed by atoms with Crippen molar-refractivity contribution in [2.45, 2.75) is 0 Å². The molecule has 1 aromatic heterocycles. The Morgan fingerprint density at radius 3 is 2.83 bits per heavy atom. The predicted molar refractivity (Wildman–Crippen MR) is 85.9 cm³/mol. The van der Waals surface area contributed by atoms with Crippen LogP contribution in [0.1, 0.15) is 0 Å². The molecule has 0 spiro atoms. The molecule has 0 bridgehead atoms. The molecule has 0 unspecified atom stereocenters. The third-order valence-electron chi connectivity index (χ3n) is 3.16. The van der Waals surface area contributed by atoms with Gasteiger partial charge in [-0.05, 0) is 30.3 Å². The van der Waals surface area contributed by atoms with Crippen LogP contribution in [-0.4, -0.2) is 27.7 Å². The van der Waals surface area contributed by atoms with Crippen LogP contribution < -0.4 is 10.3 Å². The summed E-state index contributed by atoms with van der Waals surface area (Å²) in [5.74, 6) is -0.572.